The molecule has 1 saturated carbocycles. The van der Waals surface area contributed by atoms with Crippen LogP contribution < -0.4 is 33.3 Å². The van der Waals surface area contributed by atoms with E-state index in [0.717, 1.165) is 0 Å². The third kappa shape index (κ3) is 3.94. The third-order valence-electron chi connectivity index (χ3n) is 6.86. The number of halogens is 5. The van der Waals surface area contributed by atoms with E-state index in [2.05, 4.69) is 4.98 Å². The molecule has 8 nitrogen and oxygen atoms in total. The van der Waals surface area contributed by atoms with Crippen LogP contribution in [0.4, 0.5) is 22.0 Å². The molecule has 1 saturated heterocycles. The molecular weight excluding hydrogens is 453 g/mol. The Labute approximate surface area is 184 Å². The van der Waals surface area contributed by atoms with E-state index in [9.17, 15) is 27.2 Å². The summed E-state index contributed by atoms with van der Waals surface area (Å²) in [5.74, 6) is -3.03. The number of fused-ring (bicyclic) bond motifs is 1. The van der Waals surface area contributed by atoms with Crippen LogP contribution in [0.25, 0.3) is 11.5 Å². The average Bonchev–Trinajstić information content (AvgIpc) is 3.44. The zero-order valence-electron chi connectivity index (χ0n) is 17.8. The van der Waals surface area contributed by atoms with Crippen LogP contribution in [-0.2, 0) is 4.74 Å². The van der Waals surface area contributed by atoms with Crippen LogP contribution in [0.3, 0.4) is 0 Å². The van der Waals surface area contributed by atoms with E-state index in [0.29, 0.717) is 12.8 Å². The first-order valence-electron chi connectivity index (χ1n) is 10.7. The van der Waals surface area contributed by atoms with Gasteiger partial charge in [0.1, 0.15) is 11.8 Å². The van der Waals surface area contributed by atoms with Crippen LogP contribution in [0.15, 0.2) is 9.59 Å². The van der Waals surface area contributed by atoms with E-state index in [1.54, 1.807) is 4.90 Å². The number of nitrogens with two attached hydrogens (primary N) is 2. The fourth-order valence-corrected chi connectivity index (χ4v) is 5.03. The molecule has 4 atom stereocenters. The molecule has 0 amide bonds. The van der Waals surface area contributed by atoms with Gasteiger partial charge in [-0.1, -0.05) is 0 Å². The SMILES string of the molecule is COC1=c2c(c(=O)[nH]c(=O)n2C2CC2)=C(N)C(F)C1N1CCC(C(N)C(C(F)F)C(F)F)C1. The molecule has 0 radical (unpaired) electrons. The van der Waals surface area contributed by atoms with Crippen LogP contribution in [0.1, 0.15) is 25.3 Å². The standard InChI is InChI=1S/C20H26F5N5O3/c1-33-16-14-9(19(31)28-20(32)30(14)8-2-3-8)13(27)11(21)15(16)29-5-4-7(6-29)12(26)10(17(22)23)18(24)25/h7-8,10-12,15,17-18H,2-6,26-27H2,1H3,(H,28,31,32). The third-order valence-corrected chi connectivity index (χ3v) is 6.86. The van der Waals surface area contributed by atoms with Crippen LogP contribution in [-0.4, -0.2) is 65.8 Å². The Balaban J connectivity index is 1.77. The summed E-state index contributed by atoms with van der Waals surface area (Å²) < 4.78 is 75.0. The molecule has 4 rings (SSSR count). The maximum absolute atomic E-state index is 15.6. The number of hydrogen-bond acceptors (Lipinski definition) is 6. The van der Waals surface area contributed by atoms with E-state index >= 15 is 4.39 Å². The molecule has 4 unspecified atom stereocenters. The van der Waals surface area contributed by atoms with Crippen molar-refractivity contribution >= 4 is 11.5 Å². The quantitative estimate of drug-likeness (QED) is 0.441. The highest BCUT2D eigenvalue weighted by Gasteiger charge is 2.46. The maximum Gasteiger partial charge on any atom is 0.329 e. The largest absolute Gasteiger partial charge is 0.497 e. The van der Waals surface area contributed by atoms with Crippen LogP contribution in [0.2, 0.25) is 0 Å². The average molecular weight is 479 g/mol. The summed E-state index contributed by atoms with van der Waals surface area (Å²) in [7, 11) is 1.27. The molecule has 2 fully saturated rings. The van der Waals surface area contributed by atoms with Crippen molar-refractivity contribution in [3.8, 4) is 0 Å². The predicted molar refractivity (Wildman–Crippen MR) is 109 cm³/mol. The van der Waals surface area contributed by atoms with Crippen molar-refractivity contribution in [3.05, 3.63) is 31.4 Å². The van der Waals surface area contributed by atoms with Crippen LogP contribution in [0.5, 0.6) is 0 Å². The number of nitrogens with zero attached hydrogens (tertiary/aromatic N) is 2. The first-order valence-corrected chi connectivity index (χ1v) is 10.7. The van der Waals surface area contributed by atoms with E-state index in [-0.39, 0.29) is 47.6 Å². The molecule has 0 aromatic carbocycles. The Bertz CT molecular complexity index is 1140. The van der Waals surface area contributed by atoms with Gasteiger partial charge in [-0.15, -0.1) is 0 Å². The van der Waals surface area contributed by atoms with Crippen molar-refractivity contribution in [3.63, 3.8) is 0 Å². The Hall–Kier alpha value is -2.41. The predicted octanol–water partition coefficient (Wildman–Crippen LogP) is -0.791. The number of H-pyrrole nitrogens is 1. The fourth-order valence-electron chi connectivity index (χ4n) is 5.03. The normalized spacial score (nSPS) is 27.0. The highest BCUT2D eigenvalue weighted by Crippen LogP contribution is 2.35. The van der Waals surface area contributed by atoms with Gasteiger partial charge in [0.05, 0.1) is 29.3 Å². The van der Waals surface area contributed by atoms with Gasteiger partial charge in [-0.3, -0.25) is 19.2 Å². The maximum atomic E-state index is 15.6. The van der Waals surface area contributed by atoms with Gasteiger partial charge in [-0.25, -0.2) is 26.7 Å². The molecule has 2 aliphatic carbocycles. The van der Waals surface area contributed by atoms with Crippen molar-refractivity contribution in [1.82, 2.24) is 14.5 Å². The molecule has 1 aromatic rings. The minimum Gasteiger partial charge on any atom is -0.497 e. The van der Waals surface area contributed by atoms with Gasteiger partial charge in [0, 0.05) is 18.6 Å². The second-order valence-corrected chi connectivity index (χ2v) is 8.82. The topological polar surface area (TPSA) is 119 Å². The summed E-state index contributed by atoms with van der Waals surface area (Å²) in [5.41, 5.74) is 9.93. The Morgan fingerprint density at radius 1 is 1.12 bits per heavy atom. The van der Waals surface area contributed by atoms with E-state index in [1.807, 2.05) is 0 Å². The monoisotopic (exact) mass is 479 g/mol. The molecule has 13 heteroatoms. The highest BCUT2D eigenvalue weighted by atomic mass is 19.3. The number of hydrogen-bond donors (Lipinski definition) is 3. The zero-order valence-corrected chi connectivity index (χ0v) is 17.8. The van der Waals surface area contributed by atoms with E-state index in [4.69, 9.17) is 16.2 Å². The molecule has 1 aliphatic heterocycles. The van der Waals surface area contributed by atoms with Crippen molar-refractivity contribution < 1.29 is 26.7 Å². The Morgan fingerprint density at radius 2 is 1.76 bits per heavy atom. The van der Waals surface area contributed by atoms with E-state index in [1.165, 1.54) is 11.7 Å². The zero-order chi connectivity index (χ0) is 24.2. The Kier molecular flexibility index (Phi) is 6.29. The second kappa shape index (κ2) is 8.75. The van der Waals surface area contributed by atoms with Gasteiger partial charge in [0.2, 0.25) is 12.9 Å². The first-order chi connectivity index (χ1) is 15.6. The number of likely N-dealkylation sites (tertiary alicyclic amines) is 1. The number of ether oxygens (including phenoxy) is 1. The van der Waals surface area contributed by atoms with E-state index < -0.39 is 54.2 Å². The summed E-state index contributed by atoms with van der Waals surface area (Å²) in [5, 5.41) is -0.0825. The number of aromatic amines is 1. The van der Waals surface area contributed by atoms with Crippen LogP contribution in [0, 0.1) is 11.8 Å². The van der Waals surface area contributed by atoms with Gasteiger partial charge in [-0.05, 0) is 31.7 Å². The smallest absolute Gasteiger partial charge is 0.329 e. The molecule has 5 N–H and O–H groups in total. The molecular formula is C20H26F5N5O3. The summed E-state index contributed by atoms with van der Waals surface area (Å²) in [6, 6.07) is -2.86. The molecule has 1 aromatic heterocycles. The lowest BCUT2D eigenvalue weighted by Gasteiger charge is -2.35. The van der Waals surface area contributed by atoms with Gasteiger partial charge in [0.15, 0.2) is 6.17 Å². The second-order valence-electron chi connectivity index (χ2n) is 8.82. The molecule has 33 heavy (non-hydrogen) atoms. The number of methoxy groups -OCH3 is 1. The van der Waals surface area contributed by atoms with Crippen molar-refractivity contribution in [1.29, 1.82) is 0 Å². The fraction of sp³-hybridized carbons (Fsp3) is 0.700. The molecule has 2 heterocycles. The summed E-state index contributed by atoms with van der Waals surface area (Å²) in [6.07, 6.45) is -6.95. The first kappa shape index (κ1) is 23.7. The van der Waals surface area contributed by atoms with Crippen molar-refractivity contribution in [2.75, 3.05) is 20.2 Å². The summed E-state index contributed by atoms with van der Waals surface area (Å²) in [6.45, 7) is 0.115. The van der Waals surface area contributed by atoms with Gasteiger partial charge < -0.3 is 16.2 Å². The molecule has 0 spiro atoms. The minimum atomic E-state index is -3.30. The van der Waals surface area contributed by atoms with Gasteiger partial charge in [-0.2, -0.15) is 0 Å². The minimum absolute atomic E-state index is 0.00953. The highest BCUT2D eigenvalue weighted by molar-refractivity contribution is 5.60. The number of rotatable bonds is 7. The van der Waals surface area contributed by atoms with Crippen LogP contribution >= 0.6 is 0 Å². The number of aromatic nitrogens is 2. The Morgan fingerprint density at radius 3 is 2.30 bits per heavy atom. The van der Waals surface area contributed by atoms with Crippen molar-refractivity contribution in [2.24, 2.45) is 23.3 Å². The lowest BCUT2D eigenvalue weighted by Crippen LogP contribution is -2.63. The summed E-state index contributed by atoms with van der Waals surface area (Å²) >= 11 is 0. The summed E-state index contributed by atoms with van der Waals surface area (Å²) in [4.78, 5) is 28.7. The molecule has 184 valence electrons. The number of alkyl halides is 5. The van der Waals surface area contributed by atoms with Crippen molar-refractivity contribution in [2.45, 2.75) is 56.4 Å². The van der Waals surface area contributed by atoms with Gasteiger partial charge in [0.25, 0.3) is 5.56 Å². The van der Waals surface area contributed by atoms with Gasteiger partial charge >= 0.3 is 5.69 Å². The molecule has 3 aliphatic rings. The lowest BCUT2D eigenvalue weighted by atomic mass is 9.88. The number of nitrogens with one attached hydrogen (secondary N) is 1. The lowest BCUT2D eigenvalue weighted by molar-refractivity contribution is -0.0473. The molecule has 0 bridgehead atoms.